The van der Waals surface area contributed by atoms with Crippen LogP contribution in [0.2, 0.25) is 5.15 Å². The molecule has 110 valence electrons. The molecule has 1 N–H and O–H groups in total. The quantitative estimate of drug-likeness (QED) is 0.869. The molecule has 7 heteroatoms. The number of carbonyl (C=O) groups is 1. The summed E-state index contributed by atoms with van der Waals surface area (Å²) in [5, 5.41) is 8.83. The molecule has 0 saturated carbocycles. The van der Waals surface area contributed by atoms with E-state index in [1.54, 1.807) is 0 Å². The lowest BCUT2D eigenvalue weighted by Gasteiger charge is -2.09. The van der Waals surface area contributed by atoms with Crippen LogP contribution in [0.25, 0.3) is 11.1 Å². The van der Waals surface area contributed by atoms with Gasteiger partial charge in [-0.1, -0.05) is 23.7 Å². The van der Waals surface area contributed by atoms with Crippen LogP contribution in [0.1, 0.15) is 11.1 Å². The van der Waals surface area contributed by atoms with Crippen molar-refractivity contribution in [2.45, 2.75) is 12.6 Å². The minimum absolute atomic E-state index is 0.0630. The highest BCUT2D eigenvalue weighted by molar-refractivity contribution is 6.30. The molecule has 2 aromatic rings. The van der Waals surface area contributed by atoms with E-state index in [1.165, 1.54) is 24.4 Å². The fourth-order valence-electron chi connectivity index (χ4n) is 1.79. The predicted molar refractivity (Wildman–Crippen MR) is 71.0 cm³/mol. The zero-order valence-electron chi connectivity index (χ0n) is 10.5. The van der Waals surface area contributed by atoms with Gasteiger partial charge in [-0.3, -0.25) is 4.79 Å². The van der Waals surface area contributed by atoms with Crippen LogP contribution >= 0.6 is 11.6 Å². The summed E-state index contributed by atoms with van der Waals surface area (Å²) >= 11 is 5.79. The molecule has 0 aliphatic rings. The van der Waals surface area contributed by atoms with Gasteiger partial charge in [0.25, 0.3) is 0 Å². The molecule has 0 aliphatic carbocycles. The Hall–Kier alpha value is -2.08. The smallest absolute Gasteiger partial charge is 0.416 e. The first-order valence-electron chi connectivity index (χ1n) is 5.81. The van der Waals surface area contributed by atoms with E-state index in [9.17, 15) is 18.0 Å². The minimum atomic E-state index is -4.40. The van der Waals surface area contributed by atoms with Gasteiger partial charge in [0.2, 0.25) is 0 Å². The Balaban J connectivity index is 2.36. The first-order valence-corrected chi connectivity index (χ1v) is 6.19. The fraction of sp³-hybridized carbons (Fsp3) is 0.143. The van der Waals surface area contributed by atoms with Gasteiger partial charge in [0.15, 0.2) is 0 Å². The fourth-order valence-corrected chi connectivity index (χ4v) is 1.96. The lowest BCUT2D eigenvalue weighted by atomic mass is 10.0. The van der Waals surface area contributed by atoms with Gasteiger partial charge in [0.1, 0.15) is 5.15 Å². The van der Waals surface area contributed by atoms with Crippen molar-refractivity contribution in [1.29, 1.82) is 0 Å². The standard InChI is InChI=1S/C14H9ClF3NO2/c15-13-9(6-12(20)21)5-10(7-19-13)8-1-3-11(4-2-8)14(16,17)18/h1-5,7H,6H2,(H,20,21). The summed E-state index contributed by atoms with van der Waals surface area (Å²) in [7, 11) is 0. The summed E-state index contributed by atoms with van der Waals surface area (Å²) in [6, 6.07) is 6.03. The van der Waals surface area contributed by atoms with Crippen LogP contribution in [0.4, 0.5) is 13.2 Å². The molecule has 0 bridgehead atoms. The number of aliphatic carboxylic acids is 1. The van der Waals surface area contributed by atoms with Crippen LogP contribution in [-0.4, -0.2) is 16.1 Å². The summed E-state index contributed by atoms with van der Waals surface area (Å²) in [6.45, 7) is 0. The average Bonchev–Trinajstić information content (AvgIpc) is 2.40. The zero-order valence-corrected chi connectivity index (χ0v) is 11.2. The monoisotopic (exact) mass is 315 g/mol. The third-order valence-corrected chi connectivity index (χ3v) is 3.14. The first kappa shape index (κ1) is 15.3. The van der Waals surface area contributed by atoms with Crippen LogP contribution in [0.3, 0.4) is 0 Å². The molecular weight excluding hydrogens is 307 g/mol. The molecule has 0 spiro atoms. The van der Waals surface area contributed by atoms with E-state index in [1.807, 2.05) is 0 Å². The summed E-state index contributed by atoms with van der Waals surface area (Å²) < 4.78 is 37.5. The van der Waals surface area contributed by atoms with Crippen LogP contribution in [0, 0.1) is 0 Å². The summed E-state index contributed by atoms with van der Waals surface area (Å²) in [6.07, 6.45) is -3.32. The number of pyridine rings is 1. The minimum Gasteiger partial charge on any atom is -0.481 e. The lowest BCUT2D eigenvalue weighted by molar-refractivity contribution is -0.138. The van der Waals surface area contributed by atoms with Crippen LogP contribution in [0.5, 0.6) is 0 Å². The van der Waals surface area contributed by atoms with E-state index >= 15 is 0 Å². The molecule has 0 aliphatic heterocycles. The maximum atomic E-state index is 12.5. The highest BCUT2D eigenvalue weighted by Gasteiger charge is 2.29. The molecule has 0 fully saturated rings. The highest BCUT2D eigenvalue weighted by Crippen LogP contribution is 2.31. The van der Waals surface area contributed by atoms with Gasteiger partial charge in [0, 0.05) is 17.3 Å². The molecule has 1 aromatic carbocycles. The Bertz CT molecular complexity index is 669. The molecule has 2 rings (SSSR count). The average molecular weight is 316 g/mol. The van der Waals surface area contributed by atoms with Gasteiger partial charge in [-0.15, -0.1) is 0 Å². The number of carboxylic acids is 1. The van der Waals surface area contributed by atoms with Crippen molar-refractivity contribution in [3.63, 3.8) is 0 Å². The normalized spacial score (nSPS) is 11.4. The van der Waals surface area contributed by atoms with E-state index in [4.69, 9.17) is 16.7 Å². The lowest BCUT2D eigenvalue weighted by Crippen LogP contribution is -2.04. The summed E-state index contributed by atoms with van der Waals surface area (Å²) in [5.41, 5.74) is 0.559. The predicted octanol–water partition coefficient (Wildman–Crippen LogP) is 4.05. The van der Waals surface area contributed by atoms with E-state index in [-0.39, 0.29) is 11.6 Å². The second-order valence-electron chi connectivity index (χ2n) is 4.32. The highest BCUT2D eigenvalue weighted by atomic mass is 35.5. The van der Waals surface area contributed by atoms with E-state index in [0.717, 1.165) is 12.1 Å². The molecule has 0 radical (unpaired) electrons. The van der Waals surface area contributed by atoms with Gasteiger partial charge >= 0.3 is 12.1 Å². The summed E-state index contributed by atoms with van der Waals surface area (Å²) in [4.78, 5) is 14.6. The van der Waals surface area contributed by atoms with Gasteiger partial charge < -0.3 is 5.11 Å². The largest absolute Gasteiger partial charge is 0.481 e. The van der Waals surface area contributed by atoms with Crippen LogP contribution in [0.15, 0.2) is 36.5 Å². The Morgan fingerprint density at radius 3 is 2.33 bits per heavy atom. The van der Waals surface area contributed by atoms with Crippen LogP contribution in [-0.2, 0) is 17.4 Å². The maximum absolute atomic E-state index is 12.5. The number of nitrogens with zero attached hydrogens (tertiary/aromatic N) is 1. The van der Waals surface area contributed by atoms with E-state index in [0.29, 0.717) is 16.7 Å². The van der Waals surface area contributed by atoms with Gasteiger partial charge in [-0.2, -0.15) is 13.2 Å². The molecular formula is C14H9ClF3NO2. The van der Waals surface area contributed by atoms with Crippen molar-refractivity contribution in [2.75, 3.05) is 0 Å². The second kappa shape index (κ2) is 5.73. The third-order valence-electron chi connectivity index (χ3n) is 2.80. The molecule has 0 atom stereocenters. The maximum Gasteiger partial charge on any atom is 0.416 e. The van der Waals surface area contributed by atoms with Crippen LogP contribution < -0.4 is 0 Å². The molecule has 21 heavy (non-hydrogen) atoms. The Labute approximate surface area is 123 Å². The molecule has 0 amide bonds. The van der Waals surface area contributed by atoms with Gasteiger partial charge in [0.05, 0.1) is 12.0 Å². The molecule has 1 aromatic heterocycles. The Morgan fingerprint density at radius 2 is 1.81 bits per heavy atom. The van der Waals surface area contributed by atoms with E-state index < -0.39 is 17.7 Å². The topological polar surface area (TPSA) is 50.2 Å². The number of hydrogen-bond acceptors (Lipinski definition) is 2. The van der Waals surface area contributed by atoms with Crippen molar-refractivity contribution in [1.82, 2.24) is 4.98 Å². The van der Waals surface area contributed by atoms with E-state index in [2.05, 4.69) is 4.98 Å². The van der Waals surface area contributed by atoms with Crippen molar-refractivity contribution < 1.29 is 23.1 Å². The van der Waals surface area contributed by atoms with Crippen molar-refractivity contribution in [3.8, 4) is 11.1 Å². The number of halogens is 4. The Kier molecular flexibility index (Phi) is 4.18. The number of hydrogen-bond donors (Lipinski definition) is 1. The van der Waals surface area contributed by atoms with Gasteiger partial charge in [-0.25, -0.2) is 4.98 Å². The first-order chi connectivity index (χ1) is 9.77. The van der Waals surface area contributed by atoms with Gasteiger partial charge in [-0.05, 0) is 23.8 Å². The molecule has 0 unspecified atom stereocenters. The second-order valence-corrected chi connectivity index (χ2v) is 4.68. The number of alkyl halides is 3. The zero-order chi connectivity index (χ0) is 15.6. The van der Waals surface area contributed by atoms with Crippen molar-refractivity contribution in [2.24, 2.45) is 0 Å². The Morgan fingerprint density at radius 1 is 1.19 bits per heavy atom. The van der Waals surface area contributed by atoms with Crippen molar-refractivity contribution in [3.05, 3.63) is 52.8 Å². The molecule has 0 saturated heterocycles. The molecule has 1 heterocycles. The summed E-state index contributed by atoms with van der Waals surface area (Å²) in [5.74, 6) is -1.07. The number of rotatable bonds is 3. The number of carboxylic acid groups (broad SMARTS) is 1. The van der Waals surface area contributed by atoms with Crippen molar-refractivity contribution >= 4 is 17.6 Å². The molecule has 3 nitrogen and oxygen atoms in total. The SMILES string of the molecule is O=C(O)Cc1cc(-c2ccc(C(F)(F)F)cc2)cnc1Cl. The third kappa shape index (κ3) is 3.72. The number of aromatic nitrogens is 1. The number of benzene rings is 1.